The van der Waals surface area contributed by atoms with Gasteiger partial charge in [0.25, 0.3) is 5.91 Å². The lowest BCUT2D eigenvalue weighted by molar-refractivity contribution is 0.0947. The van der Waals surface area contributed by atoms with Crippen LogP contribution in [0.4, 0.5) is 0 Å². The topological polar surface area (TPSA) is 48.1 Å². The Morgan fingerprint density at radius 2 is 2.19 bits per heavy atom. The van der Waals surface area contributed by atoms with Crippen LogP contribution in [-0.4, -0.2) is 42.0 Å². The first-order valence-electron chi connectivity index (χ1n) is 5.99. The predicted molar refractivity (Wildman–Crippen MR) is 63.4 cm³/mol. The zero-order valence-corrected chi connectivity index (χ0v) is 9.54. The number of piperidine rings is 1. The van der Waals surface area contributed by atoms with Crippen molar-refractivity contribution < 1.29 is 4.79 Å². The molecule has 0 bridgehead atoms. The molecule has 2 N–H and O–H groups in total. The van der Waals surface area contributed by atoms with E-state index in [1.54, 1.807) is 18.5 Å². The molecule has 0 saturated carbocycles. The van der Waals surface area contributed by atoms with Crippen LogP contribution in [0.3, 0.4) is 0 Å². The third-order valence-corrected chi connectivity index (χ3v) is 3.02. The normalized spacial score (nSPS) is 17.2. The van der Waals surface area contributed by atoms with Crippen LogP contribution < -0.4 is 5.32 Å². The monoisotopic (exact) mass is 221 g/mol. The first-order chi connectivity index (χ1) is 7.86. The Hall–Kier alpha value is -1.29. The van der Waals surface area contributed by atoms with Gasteiger partial charge in [-0.15, -0.1) is 0 Å². The molecule has 2 heterocycles. The molecule has 1 fully saturated rings. The summed E-state index contributed by atoms with van der Waals surface area (Å²) >= 11 is 0. The highest BCUT2D eigenvalue weighted by Crippen LogP contribution is 2.07. The number of rotatable bonds is 4. The van der Waals surface area contributed by atoms with E-state index in [1.807, 2.05) is 0 Å². The molecule has 4 heteroatoms. The van der Waals surface area contributed by atoms with Crippen LogP contribution in [-0.2, 0) is 0 Å². The number of hydrogen-bond acceptors (Lipinski definition) is 2. The smallest absolute Gasteiger partial charge is 0.252 e. The largest absolute Gasteiger partial charge is 0.367 e. The van der Waals surface area contributed by atoms with Crippen molar-refractivity contribution >= 4 is 5.91 Å². The van der Waals surface area contributed by atoms with Gasteiger partial charge in [-0.25, -0.2) is 0 Å². The number of hydrogen-bond donors (Lipinski definition) is 2. The number of H-pyrrole nitrogens is 1. The summed E-state index contributed by atoms with van der Waals surface area (Å²) in [5.74, 6) is 0.0123. The van der Waals surface area contributed by atoms with E-state index >= 15 is 0 Å². The SMILES string of the molecule is O=C(NCCN1CCCCC1)c1cc[nH]c1. The molecule has 0 unspecified atom stereocenters. The fourth-order valence-electron chi connectivity index (χ4n) is 2.08. The maximum absolute atomic E-state index is 11.6. The third-order valence-electron chi connectivity index (χ3n) is 3.02. The fourth-order valence-corrected chi connectivity index (χ4v) is 2.08. The highest BCUT2D eigenvalue weighted by molar-refractivity contribution is 5.93. The van der Waals surface area contributed by atoms with Gasteiger partial charge in [0.15, 0.2) is 0 Å². The van der Waals surface area contributed by atoms with Gasteiger partial charge >= 0.3 is 0 Å². The quantitative estimate of drug-likeness (QED) is 0.803. The predicted octanol–water partition coefficient (Wildman–Crippen LogP) is 1.23. The molecule has 1 amide bonds. The van der Waals surface area contributed by atoms with Crippen molar-refractivity contribution in [2.75, 3.05) is 26.2 Å². The van der Waals surface area contributed by atoms with Gasteiger partial charge in [0.05, 0.1) is 5.56 Å². The number of amides is 1. The molecular weight excluding hydrogens is 202 g/mol. The Labute approximate surface area is 96.0 Å². The number of nitrogens with zero attached hydrogens (tertiary/aromatic N) is 1. The van der Waals surface area contributed by atoms with Crippen LogP contribution in [0.5, 0.6) is 0 Å². The van der Waals surface area contributed by atoms with Gasteiger partial charge in [-0.05, 0) is 32.0 Å². The van der Waals surface area contributed by atoms with E-state index in [4.69, 9.17) is 0 Å². The average molecular weight is 221 g/mol. The number of carbonyl (C=O) groups is 1. The molecule has 1 aliphatic rings. The summed E-state index contributed by atoms with van der Waals surface area (Å²) in [6, 6.07) is 1.79. The summed E-state index contributed by atoms with van der Waals surface area (Å²) < 4.78 is 0. The third kappa shape index (κ3) is 3.10. The van der Waals surface area contributed by atoms with Crippen LogP contribution >= 0.6 is 0 Å². The molecule has 1 aliphatic heterocycles. The zero-order chi connectivity index (χ0) is 11.2. The molecular formula is C12H19N3O. The van der Waals surface area contributed by atoms with Crippen molar-refractivity contribution in [3.63, 3.8) is 0 Å². The maximum Gasteiger partial charge on any atom is 0.252 e. The Bertz CT molecular complexity index is 315. The van der Waals surface area contributed by atoms with E-state index in [0.717, 1.165) is 13.1 Å². The zero-order valence-electron chi connectivity index (χ0n) is 9.54. The van der Waals surface area contributed by atoms with E-state index in [9.17, 15) is 4.79 Å². The van der Waals surface area contributed by atoms with Crippen molar-refractivity contribution in [1.82, 2.24) is 15.2 Å². The van der Waals surface area contributed by atoms with E-state index in [2.05, 4.69) is 15.2 Å². The van der Waals surface area contributed by atoms with Crippen LogP contribution in [0.25, 0.3) is 0 Å². The molecule has 1 aromatic heterocycles. The van der Waals surface area contributed by atoms with Gasteiger partial charge in [0.1, 0.15) is 0 Å². The minimum atomic E-state index is 0.0123. The van der Waals surface area contributed by atoms with Gasteiger partial charge in [0.2, 0.25) is 0 Å². The molecule has 0 aromatic carbocycles. The Balaban J connectivity index is 1.66. The van der Waals surface area contributed by atoms with E-state index in [1.165, 1.54) is 32.4 Å². The van der Waals surface area contributed by atoms with Crippen LogP contribution in [0.2, 0.25) is 0 Å². The van der Waals surface area contributed by atoms with Gasteiger partial charge < -0.3 is 15.2 Å². The Kier molecular flexibility index (Phi) is 3.99. The first kappa shape index (κ1) is 11.2. The summed E-state index contributed by atoms with van der Waals surface area (Å²) in [7, 11) is 0. The lowest BCUT2D eigenvalue weighted by Crippen LogP contribution is -2.37. The molecule has 0 atom stereocenters. The van der Waals surface area contributed by atoms with E-state index in [0.29, 0.717) is 5.56 Å². The second-order valence-electron chi connectivity index (χ2n) is 4.26. The standard InChI is InChI=1S/C12H19N3O/c16-12(11-4-5-13-10-11)14-6-9-15-7-2-1-3-8-15/h4-5,10,13H,1-3,6-9H2,(H,14,16). The molecule has 16 heavy (non-hydrogen) atoms. The first-order valence-corrected chi connectivity index (χ1v) is 5.99. The van der Waals surface area contributed by atoms with Crippen LogP contribution in [0.1, 0.15) is 29.6 Å². The summed E-state index contributed by atoms with van der Waals surface area (Å²) in [5.41, 5.74) is 0.707. The van der Waals surface area contributed by atoms with E-state index in [-0.39, 0.29) is 5.91 Å². The van der Waals surface area contributed by atoms with Crippen molar-refractivity contribution in [3.8, 4) is 0 Å². The van der Waals surface area contributed by atoms with Crippen molar-refractivity contribution in [2.45, 2.75) is 19.3 Å². The lowest BCUT2D eigenvalue weighted by atomic mass is 10.1. The second kappa shape index (κ2) is 5.70. The van der Waals surface area contributed by atoms with Gasteiger partial charge in [-0.3, -0.25) is 4.79 Å². The highest BCUT2D eigenvalue weighted by Gasteiger charge is 2.10. The minimum absolute atomic E-state index is 0.0123. The number of nitrogens with one attached hydrogen (secondary N) is 2. The average Bonchev–Trinajstić information content (AvgIpc) is 2.84. The second-order valence-corrected chi connectivity index (χ2v) is 4.26. The molecule has 0 spiro atoms. The molecule has 0 radical (unpaired) electrons. The molecule has 0 aliphatic carbocycles. The molecule has 1 saturated heterocycles. The molecule has 88 valence electrons. The van der Waals surface area contributed by atoms with E-state index < -0.39 is 0 Å². The summed E-state index contributed by atoms with van der Waals surface area (Å²) in [6.07, 6.45) is 7.43. The van der Waals surface area contributed by atoms with Crippen molar-refractivity contribution in [1.29, 1.82) is 0 Å². The summed E-state index contributed by atoms with van der Waals surface area (Å²) in [4.78, 5) is 16.9. The molecule has 4 nitrogen and oxygen atoms in total. The molecule has 1 aromatic rings. The number of aromatic nitrogens is 1. The number of likely N-dealkylation sites (tertiary alicyclic amines) is 1. The highest BCUT2D eigenvalue weighted by atomic mass is 16.1. The van der Waals surface area contributed by atoms with Crippen LogP contribution in [0, 0.1) is 0 Å². The Morgan fingerprint density at radius 3 is 2.88 bits per heavy atom. The van der Waals surface area contributed by atoms with Gasteiger partial charge in [-0.1, -0.05) is 6.42 Å². The summed E-state index contributed by atoms with van der Waals surface area (Å²) in [5, 5.41) is 2.93. The van der Waals surface area contributed by atoms with Gasteiger partial charge in [0, 0.05) is 25.5 Å². The minimum Gasteiger partial charge on any atom is -0.367 e. The fraction of sp³-hybridized carbons (Fsp3) is 0.583. The summed E-state index contributed by atoms with van der Waals surface area (Å²) in [6.45, 7) is 4.07. The Morgan fingerprint density at radius 1 is 1.38 bits per heavy atom. The molecule has 2 rings (SSSR count). The van der Waals surface area contributed by atoms with Crippen molar-refractivity contribution in [3.05, 3.63) is 24.0 Å². The van der Waals surface area contributed by atoms with Gasteiger partial charge in [-0.2, -0.15) is 0 Å². The maximum atomic E-state index is 11.6. The van der Waals surface area contributed by atoms with Crippen molar-refractivity contribution in [2.24, 2.45) is 0 Å². The number of aromatic amines is 1. The lowest BCUT2D eigenvalue weighted by Gasteiger charge is -2.26. The number of carbonyl (C=O) groups excluding carboxylic acids is 1. The van der Waals surface area contributed by atoms with Crippen LogP contribution in [0.15, 0.2) is 18.5 Å².